The summed E-state index contributed by atoms with van der Waals surface area (Å²) in [5, 5.41) is 3.03. The Morgan fingerprint density at radius 1 is 1.48 bits per heavy atom. The molecule has 0 radical (unpaired) electrons. The predicted molar refractivity (Wildman–Crippen MR) is 95.5 cm³/mol. The first-order chi connectivity index (χ1) is 12.0. The number of methoxy groups -OCH3 is 1. The van der Waals surface area contributed by atoms with Crippen molar-refractivity contribution in [3.05, 3.63) is 35.9 Å². The normalized spacial score (nSPS) is 20.0. The lowest BCUT2D eigenvalue weighted by atomic mass is 10.2. The van der Waals surface area contributed by atoms with Crippen molar-refractivity contribution in [3.8, 4) is 0 Å². The van der Waals surface area contributed by atoms with Crippen molar-refractivity contribution in [1.29, 1.82) is 0 Å². The van der Waals surface area contributed by atoms with E-state index in [4.69, 9.17) is 10.5 Å². The second-order valence-corrected chi connectivity index (χ2v) is 6.34. The molecule has 3 rings (SSSR count). The minimum atomic E-state index is -0.0684. The van der Waals surface area contributed by atoms with E-state index < -0.39 is 0 Å². The maximum Gasteiger partial charge on any atom is 0.253 e. The van der Waals surface area contributed by atoms with Crippen molar-refractivity contribution in [2.75, 3.05) is 30.8 Å². The number of rotatable bonds is 5. The highest BCUT2D eigenvalue weighted by Gasteiger charge is 2.33. The molecule has 3 N–H and O–H groups in total. The van der Waals surface area contributed by atoms with Gasteiger partial charge < -0.3 is 25.3 Å². The standard InChI is InChI=1S/C17H24N6O2/c1-11-14(4-5-22(11)2)17(24)19-8-12-6-13(25-3)9-23(12)16-7-15(18)20-10-21-16/h4-5,7,10,12-13H,6,8-9H2,1-3H3,(H,19,24)(H2,18,20,21)/t12-,13-/m1/s1. The van der Waals surface area contributed by atoms with E-state index >= 15 is 0 Å². The van der Waals surface area contributed by atoms with Crippen molar-refractivity contribution in [2.24, 2.45) is 7.05 Å². The van der Waals surface area contributed by atoms with Gasteiger partial charge in [0.25, 0.3) is 5.91 Å². The predicted octanol–water partition coefficient (Wildman–Crippen LogP) is 0.729. The average Bonchev–Trinajstić information content (AvgIpc) is 3.17. The van der Waals surface area contributed by atoms with Gasteiger partial charge in [0.05, 0.1) is 17.7 Å². The number of carbonyl (C=O) groups is 1. The molecular weight excluding hydrogens is 320 g/mol. The van der Waals surface area contributed by atoms with Crippen LogP contribution in [0.4, 0.5) is 11.6 Å². The van der Waals surface area contributed by atoms with Gasteiger partial charge >= 0.3 is 0 Å². The lowest BCUT2D eigenvalue weighted by molar-refractivity contribution is 0.0945. The van der Waals surface area contributed by atoms with Crippen molar-refractivity contribution >= 4 is 17.5 Å². The van der Waals surface area contributed by atoms with E-state index in [9.17, 15) is 4.79 Å². The van der Waals surface area contributed by atoms with Gasteiger partial charge in [0.15, 0.2) is 0 Å². The molecule has 1 aliphatic rings. The first-order valence-electron chi connectivity index (χ1n) is 8.26. The van der Waals surface area contributed by atoms with Gasteiger partial charge in [0.2, 0.25) is 0 Å². The van der Waals surface area contributed by atoms with E-state index in [2.05, 4.69) is 20.2 Å². The first-order valence-corrected chi connectivity index (χ1v) is 8.26. The van der Waals surface area contributed by atoms with Crippen LogP contribution >= 0.6 is 0 Å². The van der Waals surface area contributed by atoms with Crippen LogP contribution in [-0.2, 0) is 11.8 Å². The molecule has 3 heterocycles. The lowest BCUT2D eigenvalue weighted by Gasteiger charge is -2.25. The molecule has 1 aliphatic heterocycles. The fraction of sp³-hybridized carbons (Fsp3) is 0.471. The Bertz CT molecular complexity index is 759. The van der Waals surface area contributed by atoms with E-state index in [1.54, 1.807) is 13.2 Å². The lowest BCUT2D eigenvalue weighted by Crippen LogP contribution is -2.40. The van der Waals surface area contributed by atoms with E-state index in [-0.39, 0.29) is 18.1 Å². The van der Waals surface area contributed by atoms with Crippen LogP contribution in [0.1, 0.15) is 22.5 Å². The number of nitrogen functional groups attached to an aromatic ring is 1. The van der Waals surface area contributed by atoms with E-state index in [0.717, 1.165) is 17.9 Å². The maximum atomic E-state index is 12.5. The van der Waals surface area contributed by atoms with Gasteiger partial charge in [0, 0.05) is 45.2 Å². The van der Waals surface area contributed by atoms with Crippen molar-refractivity contribution in [3.63, 3.8) is 0 Å². The monoisotopic (exact) mass is 344 g/mol. The Labute approximate surface area is 147 Å². The van der Waals surface area contributed by atoms with Crippen LogP contribution in [0.5, 0.6) is 0 Å². The smallest absolute Gasteiger partial charge is 0.253 e. The number of anilines is 2. The molecule has 1 fully saturated rings. The minimum Gasteiger partial charge on any atom is -0.384 e. The fourth-order valence-electron chi connectivity index (χ4n) is 3.19. The highest BCUT2D eigenvalue weighted by Crippen LogP contribution is 2.25. The van der Waals surface area contributed by atoms with Crippen LogP contribution in [-0.4, -0.2) is 52.8 Å². The number of hydrogen-bond acceptors (Lipinski definition) is 6. The zero-order chi connectivity index (χ0) is 18.0. The molecule has 2 aromatic heterocycles. The molecule has 0 aliphatic carbocycles. The number of hydrogen-bond donors (Lipinski definition) is 2. The topological polar surface area (TPSA) is 98.3 Å². The van der Waals surface area contributed by atoms with Gasteiger partial charge in [-0.25, -0.2) is 9.97 Å². The molecule has 134 valence electrons. The van der Waals surface area contributed by atoms with Crippen LogP contribution in [0.2, 0.25) is 0 Å². The van der Waals surface area contributed by atoms with Crippen LogP contribution in [0.25, 0.3) is 0 Å². The SMILES string of the molecule is CO[C@@H]1C[C@H](CNC(=O)c2ccn(C)c2C)N(c2cc(N)ncn2)C1. The third kappa shape index (κ3) is 3.58. The second-order valence-electron chi connectivity index (χ2n) is 6.34. The Morgan fingerprint density at radius 3 is 2.92 bits per heavy atom. The summed E-state index contributed by atoms with van der Waals surface area (Å²) in [7, 11) is 3.62. The summed E-state index contributed by atoms with van der Waals surface area (Å²) in [5.74, 6) is 1.11. The van der Waals surface area contributed by atoms with Crippen LogP contribution in [0.15, 0.2) is 24.7 Å². The molecular formula is C17H24N6O2. The summed E-state index contributed by atoms with van der Waals surface area (Å²) in [4.78, 5) is 22.8. The van der Waals surface area contributed by atoms with Gasteiger partial charge in [-0.2, -0.15) is 0 Å². The number of ether oxygens (including phenoxy) is 1. The van der Waals surface area contributed by atoms with Crippen LogP contribution in [0, 0.1) is 6.92 Å². The van der Waals surface area contributed by atoms with Crippen LogP contribution in [0.3, 0.4) is 0 Å². The van der Waals surface area contributed by atoms with Gasteiger partial charge in [-0.3, -0.25) is 4.79 Å². The molecule has 0 bridgehead atoms. The number of nitrogens with two attached hydrogens (primary N) is 1. The molecule has 8 nitrogen and oxygen atoms in total. The third-order valence-corrected chi connectivity index (χ3v) is 4.80. The van der Waals surface area contributed by atoms with Gasteiger partial charge in [-0.15, -0.1) is 0 Å². The zero-order valence-electron chi connectivity index (χ0n) is 14.8. The average molecular weight is 344 g/mol. The molecule has 2 aromatic rings. The second kappa shape index (κ2) is 7.10. The summed E-state index contributed by atoms with van der Waals surface area (Å²) in [6.07, 6.45) is 4.25. The Hall–Kier alpha value is -2.61. The molecule has 0 saturated carbocycles. The fourth-order valence-corrected chi connectivity index (χ4v) is 3.19. The largest absolute Gasteiger partial charge is 0.384 e. The molecule has 25 heavy (non-hydrogen) atoms. The summed E-state index contributed by atoms with van der Waals surface area (Å²) < 4.78 is 7.44. The Morgan fingerprint density at radius 2 is 2.28 bits per heavy atom. The highest BCUT2D eigenvalue weighted by molar-refractivity contribution is 5.95. The molecule has 0 aromatic carbocycles. The van der Waals surface area contributed by atoms with Crippen molar-refractivity contribution in [2.45, 2.75) is 25.5 Å². The Balaban J connectivity index is 1.70. The number of aryl methyl sites for hydroxylation is 1. The van der Waals surface area contributed by atoms with E-state index in [1.807, 2.05) is 30.8 Å². The third-order valence-electron chi connectivity index (χ3n) is 4.80. The quantitative estimate of drug-likeness (QED) is 0.830. The van der Waals surface area contributed by atoms with Gasteiger partial charge in [0.1, 0.15) is 18.0 Å². The van der Waals surface area contributed by atoms with Crippen molar-refractivity contribution < 1.29 is 9.53 Å². The summed E-state index contributed by atoms with van der Waals surface area (Å²) >= 11 is 0. The molecule has 8 heteroatoms. The molecule has 1 saturated heterocycles. The molecule has 0 unspecified atom stereocenters. The number of nitrogens with zero attached hydrogens (tertiary/aromatic N) is 4. The zero-order valence-corrected chi connectivity index (χ0v) is 14.8. The number of nitrogens with one attached hydrogen (secondary N) is 1. The molecule has 0 spiro atoms. The van der Waals surface area contributed by atoms with Crippen LogP contribution < -0.4 is 16.0 Å². The highest BCUT2D eigenvalue weighted by atomic mass is 16.5. The van der Waals surface area contributed by atoms with Crippen molar-refractivity contribution in [1.82, 2.24) is 19.9 Å². The maximum absolute atomic E-state index is 12.5. The minimum absolute atomic E-state index is 0.0684. The number of carbonyl (C=O) groups excluding carboxylic acids is 1. The molecule has 2 atom stereocenters. The van der Waals surface area contributed by atoms with E-state index in [1.165, 1.54) is 6.33 Å². The Kier molecular flexibility index (Phi) is 4.89. The first kappa shape index (κ1) is 17.2. The molecule has 1 amide bonds. The summed E-state index contributed by atoms with van der Waals surface area (Å²) in [6.45, 7) is 3.15. The number of aromatic nitrogens is 3. The summed E-state index contributed by atoms with van der Waals surface area (Å²) in [6, 6.07) is 3.67. The van der Waals surface area contributed by atoms with Gasteiger partial charge in [-0.1, -0.05) is 0 Å². The van der Waals surface area contributed by atoms with Gasteiger partial charge in [-0.05, 0) is 19.4 Å². The van der Waals surface area contributed by atoms with E-state index in [0.29, 0.717) is 24.5 Å². The number of amides is 1. The summed E-state index contributed by atoms with van der Waals surface area (Å²) in [5.41, 5.74) is 7.41.